The standard InChI is InChI=1S/C23H28N4O7/c24-17(10-14-4-2-1-3-5-14)21(31)27-19(13-28)22(32)25-12-20(30)26-18(23(33)34)11-15-6-8-16(29)9-7-15/h1-9,17-19,28-29H,10-13,24H2,(H,25,32)(H,26,30)(H,27,31)(H,33,34). The number of nitrogens with two attached hydrogens (primary N) is 1. The van der Waals surface area contributed by atoms with E-state index in [0.717, 1.165) is 5.56 Å². The van der Waals surface area contributed by atoms with Gasteiger partial charge in [-0.3, -0.25) is 14.4 Å². The van der Waals surface area contributed by atoms with Crippen molar-refractivity contribution in [1.82, 2.24) is 16.0 Å². The maximum absolute atomic E-state index is 12.3. The second kappa shape index (κ2) is 12.9. The van der Waals surface area contributed by atoms with Crippen LogP contribution < -0.4 is 21.7 Å². The molecule has 0 aliphatic carbocycles. The fourth-order valence-corrected chi connectivity index (χ4v) is 3.04. The second-order valence-electron chi connectivity index (χ2n) is 7.59. The van der Waals surface area contributed by atoms with Crippen LogP contribution in [0, 0.1) is 0 Å². The molecule has 11 heteroatoms. The van der Waals surface area contributed by atoms with Crippen molar-refractivity contribution in [2.24, 2.45) is 5.73 Å². The van der Waals surface area contributed by atoms with Gasteiger partial charge in [0.1, 0.15) is 17.8 Å². The van der Waals surface area contributed by atoms with E-state index in [1.807, 2.05) is 6.07 Å². The highest BCUT2D eigenvalue weighted by molar-refractivity contribution is 5.92. The summed E-state index contributed by atoms with van der Waals surface area (Å²) in [5.41, 5.74) is 7.27. The third-order valence-electron chi connectivity index (χ3n) is 4.88. The number of carbonyl (C=O) groups is 4. The average molecular weight is 472 g/mol. The van der Waals surface area contributed by atoms with E-state index in [1.165, 1.54) is 24.3 Å². The minimum Gasteiger partial charge on any atom is -0.508 e. The molecule has 8 N–H and O–H groups in total. The first-order chi connectivity index (χ1) is 16.2. The SMILES string of the molecule is NC(Cc1ccccc1)C(=O)NC(CO)C(=O)NCC(=O)NC(Cc1ccc(O)cc1)C(=O)O. The van der Waals surface area contributed by atoms with Gasteiger partial charge in [0.15, 0.2) is 0 Å². The molecule has 0 radical (unpaired) electrons. The summed E-state index contributed by atoms with van der Waals surface area (Å²) in [5, 5.41) is 35.0. The summed E-state index contributed by atoms with van der Waals surface area (Å²) < 4.78 is 0. The Labute approximate surface area is 196 Å². The number of hydrogen-bond donors (Lipinski definition) is 7. The molecule has 182 valence electrons. The summed E-state index contributed by atoms with van der Waals surface area (Å²) in [5.74, 6) is -3.51. The molecule has 3 amide bonds. The molecule has 0 aliphatic rings. The van der Waals surface area contributed by atoms with E-state index in [2.05, 4.69) is 16.0 Å². The minimum absolute atomic E-state index is 0.0222. The second-order valence-corrected chi connectivity index (χ2v) is 7.59. The lowest BCUT2D eigenvalue weighted by Gasteiger charge is -2.19. The van der Waals surface area contributed by atoms with Crippen LogP contribution in [0.15, 0.2) is 54.6 Å². The lowest BCUT2D eigenvalue weighted by Crippen LogP contribution is -2.55. The van der Waals surface area contributed by atoms with Crippen LogP contribution in [0.3, 0.4) is 0 Å². The van der Waals surface area contributed by atoms with Gasteiger partial charge in [0.25, 0.3) is 0 Å². The maximum Gasteiger partial charge on any atom is 0.326 e. The molecule has 0 saturated heterocycles. The van der Waals surface area contributed by atoms with Crippen molar-refractivity contribution in [3.8, 4) is 5.75 Å². The predicted octanol–water partition coefficient (Wildman–Crippen LogP) is -1.33. The number of aromatic hydroxyl groups is 1. The quantitative estimate of drug-likeness (QED) is 0.197. The summed E-state index contributed by atoms with van der Waals surface area (Å²) in [6.45, 7) is -1.30. The molecule has 2 aromatic carbocycles. The smallest absolute Gasteiger partial charge is 0.326 e. The van der Waals surface area contributed by atoms with Crippen molar-refractivity contribution in [2.75, 3.05) is 13.2 Å². The third kappa shape index (κ3) is 8.52. The number of amides is 3. The van der Waals surface area contributed by atoms with E-state index in [0.29, 0.717) is 5.56 Å². The van der Waals surface area contributed by atoms with E-state index < -0.39 is 55.0 Å². The number of nitrogens with one attached hydrogen (secondary N) is 3. The predicted molar refractivity (Wildman–Crippen MR) is 122 cm³/mol. The van der Waals surface area contributed by atoms with E-state index in [1.54, 1.807) is 24.3 Å². The fraction of sp³-hybridized carbons (Fsp3) is 0.304. The molecule has 0 heterocycles. The Hall–Kier alpha value is -3.96. The van der Waals surface area contributed by atoms with Crippen molar-refractivity contribution in [1.29, 1.82) is 0 Å². The normalized spacial score (nSPS) is 13.2. The van der Waals surface area contributed by atoms with Crippen LogP contribution in [-0.4, -0.2) is 70.3 Å². The van der Waals surface area contributed by atoms with Crippen LogP contribution in [0.2, 0.25) is 0 Å². The van der Waals surface area contributed by atoms with Gasteiger partial charge in [-0.25, -0.2) is 4.79 Å². The van der Waals surface area contributed by atoms with Crippen LogP contribution in [0.4, 0.5) is 0 Å². The van der Waals surface area contributed by atoms with Gasteiger partial charge >= 0.3 is 5.97 Å². The van der Waals surface area contributed by atoms with Crippen LogP contribution in [0.1, 0.15) is 11.1 Å². The summed E-state index contributed by atoms with van der Waals surface area (Å²) in [7, 11) is 0. The highest BCUT2D eigenvalue weighted by atomic mass is 16.4. The van der Waals surface area contributed by atoms with Crippen LogP contribution >= 0.6 is 0 Å². The van der Waals surface area contributed by atoms with Gasteiger partial charge in [-0.2, -0.15) is 0 Å². The third-order valence-corrected chi connectivity index (χ3v) is 4.88. The Morgan fingerprint density at radius 2 is 1.44 bits per heavy atom. The number of phenols is 1. The molecule has 2 rings (SSSR count). The number of benzene rings is 2. The Balaban J connectivity index is 1.84. The van der Waals surface area contributed by atoms with Crippen LogP contribution in [0.25, 0.3) is 0 Å². The summed E-state index contributed by atoms with van der Waals surface area (Å²) in [6.07, 6.45) is 0.191. The molecule has 34 heavy (non-hydrogen) atoms. The lowest BCUT2D eigenvalue weighted by molar-refractivity contribution is -0.141. The largest absolute Gasteiger partial charge is 0.508 e. The van der Waals surface area contributed by atoms with E-state index in [4.69, 9.17) is 5.73 Å². The number of carboxylic acids is 1. The summed E-state index contributed by atoms with van der Waals surface area (Å²) in [4.78, 5) is 48.2. The average Bonchev–Trinajstić information content (AvgIpc) is 2.82. The number of hydrogen-bond acceptors (Lipinski definition) is 7. The van der Waals surface area contributed by atoms with Crippen molar-refractivity contribution >= 4 is 23.7 Å². The zero-order chi connectivity index (χ0) is 25.1. The maximum atomic E-state index is 12.3. The summed E-state index contributed by atoms with van der Waals surface area (Å²) >= 11 is 0. The number of rotatable bonds is 12. The van der Waals surface area contributed by atoms with Gasteiger partial charge in [0.05, 0.1) is 19.2 Å². The zero-order valence-corrected chi connectivity index (χ0v) is 18.3. The Morgan fingerprint density at radius 3 is 2.03 bits per heavy atom. The monoisotopic (exact) mass is 472 g/mol. The van der Waals surface area contributed by atoms with Crippen molar-refractivity contribution in [3.63, 3.8) is 0 Å². The molecule has 3 unspecified atom stereocenters. The molecule has 3 atom stereocenters. The van der Waals surface area contributed by atoms with Gasteiger partial charge in [0, 0.05) is 6.42 Å². The molecule has 0 saturated carbocycles. The number of phenolic OH excluding ortho intramolecular Hbond substituents is 1. The number of aliphatic carboxylic acids is 1. The van der Waals surface area contributed by atoms with Gasteiger partial charge in [-0.1, -0.05) is 42.5 Å². The van der Waals surface area contributed by atoms with Gasteiger partial charge < -0.3 is 37.0 Å². The van der Waals surface area contributed by atoms with E-state index in [9.17, 15) is 34.5 Å². The molecule has 11 nitrogen and oxygen atoms in total. The zero-order valence-electron chi connectivity index (χ0n) is 18.3. The highest BCUT2D eigenvalue weighted by Gasteiger charge is 2.25. The molecule has 0 bridgehead atoms. The topological polar surface area (TPSA) is 191 Å². The number of aliphatic hydroxyl groups is 1. The summed E-state index contributed by atoms with van der Waals surface area (Å²) in [6, 6.07) is 11.3. The minimum atomic E-state index is -1.34. The molecule has 0 aromatic heterocycles. The Morgan fingerprint density at radius 1 is 0.824 bits per heavy atom. The first-order valence-electron chi connectivity index (χ1n) is 10.5. The van der Waals surface area contributed by atoms with Crippen LogP contribution in [-0.2, 0) is 32.0 Å². The lowest BCUT2D eigenvalue weighted by atomic mass is 10.1. The number of carbonyl (C=O) groups excluding carboxylic acids is 3. The van der Waals surface area contributed by atoms with Crippen molar-refractivity contribution in [3.05, 3.63) is 65.7 Å². The molecule has 0 fully saturated rings. The van der Waals surface area contributed by atoms with Crippen molar-refractivity contribution < 1.29 is 34.5 Å². The highest BCUT2D eigenvalue weighted by Crippen LogP contribution is 2.11. The number of carboxylic acid groups (broad SMARTS) is 1. The molecule has 0 aliphatic heterocycles. The Kier molecular flexibility index (Phi) is 9.99. The molecule has 0 spiro atoms. The first kappa shape index (κ1) is 26.3. The Bertz CT molecular complexity index is 983. The fourth-order valence-electron chi connectivity index (χ4n) is 3.04. The number of aliphatic hydroxyl groups excluding tert-OH is 1. The van der Waals surface area contributed by atoms with Gasteiger partial charge in [0.2, 0.25) is 17.7 Å². The van der Waals surface area contributed by atoms with Crippen molar-refractivity contribution in [2.45, 2.75) is 31.0 Å². The molecular formula is C23H28N4O7. The van der Waals surface area contributed by atoms with Gasteiger partial charge in [-0.05, 0) is 29.7 Å². The molecular weight excluding hydrogens is 444 g/mol. The van der Waals surface area contributed by atoms with E-state index >= 15 is 0 Å². The van der Waals surface area contributed by atoms with E-state index in [-0.39, 0.29) is 18.6 Å². The molecule has 2 aromatic rings. The first-order valence-corrected chi connectivity index (χ1v) is 10.5. The van der Waals surface area contributed by atoms with Crippen LogP contribution in [0.5, 0.6) is 5.75 Å². The van der Waals surface area contributed by atoms with Gasteiger partial charge in [-0.15, -0.1) is 0 Å².